The summed E-state index contributed by atoms with van der Waals surface area (Å²) in [5, 5.41) is 0. The third-order valence-corrected chi connectivity index (χ3v) is 7.59. The van der Waals surface area contributed by atoms with Crippen LogP contribution in [0.15, 0.2) is 115 Å². The van der Waals surface area contributed by atoms with Crippen molar-refractivity contribution in [2.45, 2.75) is 0 Å². The summed E-state index contributed by atoms with van der Waals surface area (Å²) >= 11 is 14.4. The minimum Gasteiger partial charge on any atom is -0.195 e. The molecule has 144 valence electrons. The fraction of sp³-hybridized carbons (Fsp3) is 0. The van der Waals surface area contributed by atoms with Gasteiger partial charge in [0.05, 0.1) is 0 Å². The number of halogens is 4. The molecule has 0 aliphatic heterocycles. The van der Waals surface area contributed by atoms with E-state index in [-0.39, 0.29) is 29.6 Å². The summed E-state index contributed by atoms with van der Waals surface area (Å²) in [5.74, 6) is 0. The van der Waals surface area contributed by atoms with Gasteiger partial charge in [-0.05, 0) is 0 Å². The first kappa shape index (κ1) is 24.5. The third-order valence-electron chi connectivity index (χ3n) is 5.48. The summed E-state index contributed by atoms with van der Waals surface area (Å²) in [6.45, 7) is 0. The van der Waals surface area contributed by atoms with Crippen molar-refractivity contribution in [2.75, 3.05) is 0 Å². The fourth-order valence-corrected chi connectivity index (χ4v) is 5.22. The van der Waals surface area contributed by atoms with E-state index in [1.165, 1.54) is 21.9 Å². The van der Waals surface area contributed by atoms with Gasteiger partial charge in [-0.25, -0.2) is 0 Å². The maximum Gasteiger partial charge on any atom is 1.00 e. The predicted molar refractivity (Wildman–Crippen MR) is 141 cm³/mol. The molecule has 0 aliphatic carbocycles. The third kappa shape index (κ3) is 4.93. The van der Waals surface area contributed by atoms with E-state index >= 15 is 0 Å². The molecule has 4 aromatic carbocycles. The predicted octanol–water partition coefficient (Wildman–Crippen LogP) is 3.12. The van der Waals surface area contributed by atoms with E-state index in [0.717, 1.165) is 17.9 Å². The monoisotopic (exact) mass is 654 g/mol. The van der Waals surface area contributed by atoms with Crippen LogP contribution in [0.3, 0.4) is 0 Å². The molecule has 0 aromatic heterocycles. The Balaban J connectivity index is 0.00000256. The molecule has 0 N–H and O–H groups in total. The Morgan fingerprint density at radius 2 is 0.500 bits per heavy atom. The van der Waals surface area contributed by atoms with Gasteiger partial charge in [0.1, 0.15) is 6.15 Å². The zero-order valence-electron chi connectivity index (χ0n) is 16.3. The van der Waals surface area contributed by atoms with Gasteiger partial charge in [0.25, 0.3) is 0 Å². The van der Waals surface area contributed by atoms with Crippen molar-refractivity contribution in [1.29, 1.82) is 0 Å². The normalized spacial score (nSPS) is 11.1. The van der Waals surface area contributed by atoms with Crippen LogP contribution in [0.25, 0.3) is 0 Å². The average molecular weight is 658 g/mol. The molecule has 6 heteroatoms. The van der Waals surface area contributed by atoms with Crippen LogP contribution >= 0.6 is 63.7 Å². The quantitative estimate of drug-likeness (QED) is 0.296. The molecule has 0 spiro atoms. The van der Waals surface area contributed by atoms with Crippen LogP contribution < -0.4 is 51.4 Å². The van der Waals surface area contributed by atoms with Crippen molar-refractivity contribution >= 4 is 91.7 Å². The Labute approximate surface area is 233 Å². The van der Waals surface area contributed by atoms with Gasteiger partial charge in [0.15, 0.2) is 0 Å². The molecule has 0 heterocycles. The van der Waals surface area contributed by atoms with Crippen molar-refractivity contribution in [3.05, 3.63) is 115 Å². The zero-order valence-corrected chi connectivity index (χ0v) is 24.7. The van der Waals surface area contributed by atoms with E-state index in [9.17, 15) is 0 Å². The van der Waals surface area contributed by atoms with Gasteiger partial charge >= 0.3 is 29.6 Å². The van der Waals surface area contributed by atoms with Crippen LogP contribution in [0, 0.1) is 0 Å². The minimum absolute atomic E-state index is 0. The average Bonchev–Trinajstić information content (AvgIpc) is 2.73. The van der Waals surface area contributed by atoms with Gasteiger partial charge in [0.2, 0.25) is 0 Å². The summed E-state index contributed by atoms with van der Waals surface area (Å²) in [6, 6.07) is 34.9. The summed E-state index contributed by atoms with van der Waals surface area (Å²) in [6.07, 6.45) is -1.36. The second kappa shape index (κ2) is 10.7. The van der Waals surface area contributed by atoms with E-state index in [2.05, 4.69) is 161 Å². The number of hydrogen-bond acceptors (Lipinski definition) is 0. The van der Waals surface area contributed by atoms with Gasteiger partial charge in [-0.1, -0.05) is 161 Å². The molecule has 4 rings (SSSR count). The van der Waals surface area contributed by atoms with Crippen LogP contribution in [-0.4, -0.2) is 6.15 Å². The number of benzene rings is 4. The van der Waals surface area contributed by atoms with Gasteiger partial charge < -0.3 is 0 Å². The number of hydrogen-bond donors (Lipinski definition) is 0. The molecule has 0 aliphatic rings. The summed E-state index contributed by atoms with van der Waals surface area (Å²) in [4.78, 5) is 0. The topological polar surface area (TPSA) is 0 Å². The summed E-state index contributed by atoms with van der Waals surface area (Å²) < 4.78 is 4.31. The van der Waals surface area contributed by atoms with Gasteiger partial charge in [-0.3, -0.25) is 0 Å². The molecule has 0 unspecified atom stereocenters. The molecule has 0 amide bonds. The van der Waals surface area contributed by atoms with Gasteiger partial charge in [0, 0.05) is 17.9 Å². The first-order chi connectivity index (χ1) is 14.0. The maximum atomic E-state index is 3.60. The van der Waals surface area contributed by atoms with Crippen LogP contribution in [-0.2, 0) is 0 Å². The molecule has 4 aromatic rings. The Morgan fingerprint density at radius 3 is 0.667 bits per heavy atom. The number of rotatable bonds is 4. The first-order valence-electron chi connectivity index (χ1n) is 9.20. The van der Waals surface area contributed by atoms with Crippen molar-refractivity contribution in [3.8, 4) is 0 Å². The smallest absolute Gasteiger partial charge is 0.195 e. The molecule has 30 heavy (non-hydrogen) atoms. The zero-order chi connectivity index (χ0) is 20.4. The Morgan fingerprint density at radius 1 is 0.333 bits per heavy atom. The van der Waals surface area contributed by atoms with Crippen LogP contribution in [0.1, 0.15) is 0 Å². The summed E-state index contributed by atoms with van der Waals surface area (Å²) in [7, 11) is 0. The molecule has 0 nitrogen and oxygen atoms in total. The van der Waals surface area contributed by atoms with E-state index in [1.807, 2.05) is 0 Å². The second-order valence-electron chi connectivity index (χ2n) is 7.07. The molecule has 0 saturated carbocycles. The fourth-order valence-electron chi connectivity index (χ4n) is 4.16. The molecule has 0 radical (unpaired) electrons. The Kier molecular flexibility index (Phi) is 8.70. The Hall–Kier alpha value is -0.135. The first-order valence-corrected chi connectivity index (χ1v) is 12.4. The van der Waals surface area contributed by atoms with Crippen LogP contribution in [0.2, 0.25) is 0 Å². The molecular weight excluding hydrogens is 642 g/mol. The maximum absolute atomic E-state index is 3.60. The standard InChI is InChI=1S/C24H16BBr4.Na/c26-21-9-1-17(2-10-21)25(18-3-11-22(27)12-4-18,19-5-13-23(28)14-6-19)20-7-15-24(29)16-8-20;/h1-16H;/q-1;+1. The van der Waals surface area contributed by atoms with Crippen molar-refractivity contribution in [1.82, 2.24) is 0 Å². The van der Waals surface area contributed by atoms with Gasteiger partial charge in [-0.2, -0.15) is 21.9 Å². The van der Waals surface area contributed by atoms with E-state index in [0.29, 0.717) is 0 Å². The SMILES string of the molecule is Brc1ccc([B-](c2ccc(Br)cc2)(c2ccc(Br)cc2)c2ccc(Br)cc2)cc1.[Na+]. The van der Waals surface area contributed by atoms with Gasteiger partial charge in [-0.15, -0.1) is 0 Å². The van der Waals surface area contributed by atoms with E-state index in [4.69, 9.17) is 0 Å². The van der Waals surface area contributed by atoms with Crippen molar-refractivity contribution < 1.29 is 29.6 Å². The van der Waals surface area contributed by atoms with Crippen molar-refractivity contribution in [2.24, 2.45) is 0 Å². The summed E-state index contributed by atoms with van der Waals surface area (Å²) in [5.41, 5.74) is 5.11. The minimum atomic E-state index is -1.36. The van der Waals surface area contributed by atoms with E-state index < -0.39 is 6.15 Å². The molecule has 0 bridgehead atoms. The molecule has 0 saturated heterocycles. The van der Waals surface area contributed by atoms with Crippen molar-refractivity contribution in [3.63, 3.8) is 0 Å². The molecule has 0 atom stereocenters. The second-order valence-corrected chi connectivity index (χ2v) is 10.7. The molecule has 0 fully saturated rings. The van der Waals surface area contributed by atoms with Crippen LogP contribution in [0.5, 0.6) is 0 Å². The molecular formula is C24H16BBr4Na. The Bertz CT molecular complexity index is 922. The van der Waals surface area contributed by atoms with E-state index in [1.54, 1.807) is 0 Å². The largest absolute Gasteiger partial charge is 1.00 e. The van der Waals surface area contributed by atoms with Crippen LogP contribution in [0.4, 0.5) is 0 Å².